The maximum atomic E-state index is 14.7. The summed E-state index contributed by atoms with van der Waals surface area (Å²) in [5.74, 6) is 0.636. The van der Waals surface area contributed by atoms with Crippen LogP contribution in [0.25, 0.3) is 5.57 Å². The highest BCUT2D eigenvalue weighted by atomic mass is 19.2. The number of halogens is 2. The number of hydrogen-bond donors (Lipinski definition) is 0. The van der Waals surface area contributed by atoms with Gasteiger partial charge in [0.25, 0.3) is 0 Å². The van der Waals surface area contributed by atoms with E-state index in [9.17, 15) is 8.78 Å². The lowest BCUT2D eigenvalue weighted by atomic mass is 9.80. The lowest BCUT2D eigenvalue weighted by Crippen LogP contribution is -2.11. The summed E-state index contributed by atoms with van der Waals surface area (Å²) in [5, 5.41) is 0. The molecule has 2 aliphatic carbocycles. The molecule has 0 radical (unpaired) electrons. The number of aryl methyl sites for hydroxylation is 1. The first-order valence-electron chi connectivity index (χ1n) is 12.1. The molecule has 0 aliphatic heterocycles. The van der Waals surface area contributed by atoms with Gasteiger partial charge in [-0.3, -0.25) is 0 Å². The third-order valence-electron chi connectivity index (χ3n) is 7.06. The van der Waals surface area contributed by atoms with Gasteiger partial charge in [0.1, 0.15) is 0 Å². The Hall–Kier alpha value is -1.70. The largest absolute Gasteiger partial charge is 0.203 e. The zero-order valence-corrected chi connectivity index (χ0v) is 18.6. The Labute approximate surface area is 182 Å². The number of benzene rings is 1. The summed E-state index contributed by atoms with van der Waals surface area (Å²) in [4.78, 5) is 0. The number of unbranched alkanes of at least 4 members (excludes halogenated alkanes) is 3. The van der Waals surface area contributed by atoms with E-state index in [0.717, 1.165) is 50.5 Å². The molecule has 0 heterocycles. The van der Waals surface area contributed by atoms with Crippen molar-refractivity contribution >= 4 is 5.57 Å². The van der Waals surface area contributed by atoms with Gasteiger partial charge in [-0.25, -0.2) is 8.78 Å². The van der Waals surface area contributed by atoms with Crippen LogP contribution in [0, 0.1) is 29.4 Å². The molecule has 1 unspecified atom stereocenters. The highest BCUT2D eigenvalue weighted by molar-refractivity contribution is 5.67. The first-order valence-corrected chi connectivity index (χ1v) is 12.1. The molecule has 1 aromatic carbocycles. The van der Waals surface area contributed by atoms with Crippen molar-refractivity contribution in [3.63, 3.8) is 0 Å². The molecule has 2 aliphatic rings. The van der Waals surface area contributed by atoms with E-state index in [1.54, 1.807) is 12.1 Å². The van der Waals surface area contributed by atoms with Gasteiger partial charge in [-0.15, -0.1) is 6.58 Å². The normalized spacial score (nSPS) is 24.8. The summed E-state index contributed by atoms with van der Waals surface area (Å²) in [6.07, 6.45) is 21.8. The fourth-order valence-corrected chi connectivity index (χ4v) is 4.93. The van der Waals surface area contributed by atoms with Crippen LogP contribution in [-0.2, 0) is 6.42 Å². The van der Waals surface area contributed by atoms with Crippen molar-refractivity contribution in [2.75, 3.05) is 0 Å². The minimum atomic E-state index is -0.651. The predicted octanol–water partition coefficient (Wildman–Crippen LogP) is 8.82. The molecule has 0 nitrogen and oxygen atoms in total. The van der Waals surface area contributed by atoms with E-state index in [1.807, 2.05) is 0 Å². The van der Waals surface area contributed by atoms with E-state index in [4.69, 9.17) is 0 Å². The SMILES string of the molecule is C=CC1CCC(C=CC2CC=C(c3ccc(CCCCCC)c(F)c3F)CC2)CC1. The topological polar surface area (TPSA) is 0 Å². The molecule has 2 heteroatoms. The summed E-state index contributed by atoms with van der Waals surface area (Å²) >= 11 is 0. The molecule has 3 rings (SSSR count). The average molecular weight is 413 g/mol. The molecule has 0 aromatic heterocycles. The molecule has 1 saturated carbocycles. The standard InChI is InChI=1S/C28H38F2/c1-3-5-6-7-8-25-19-20-26(28(30)27(25)29)24-17-15-23(16-18-24)14-13-22-11-9-21(4-2)10-12-22/h4,13-14,17,19-23H,2-3,5-12,15-16,18H2,1H3. The zero-order valence-electron chi connectivity index (χ0n) is 18.6. The smallest absolute Gasteiger partial charge is 0.166 e. The van der Waals surface area contributed by atoms with E-state index >= 15 is 0 Å². The van der Waals surface area contributed by atoms with E-state index < -0.39 is 11.6 Å². The van der Waals surface area contributed by atoms with Crippen LogP contribution in [0.3, 0.4) is 0 Å². The van der Waals surface area contributed by atoms with Crippen molar-refractivity contribution in [2.45, 2.75) is 84.0 Å². The first kappa shape index (κ1) is 23.0. The highest BCUT2D eigenvalue weighted by Crippen LogP contribution is 2.35. The summed E-state index contributed by atoms with van der Waals surface area (Å²) in [6, 6.07) is 3.60. The lowest BCUT2D eigenvalue weighted by Gasteiger charge is -2.25. The van der Waals surface area contributed by atoms with Crippen LogP contribution in [0.5, 0.6) is 0 Å². The summed E-state index contributed by atoms with van der Waals surface area (Å²) in [6.45, 7) is 6.08. The fourth-order valence-electron chi connectivity index (χ4n) is 4.93. The Kier molecular flexibility index (Phi) is 8.90. The van der Waals surface area contributed by atoms with E-state index in [1.165, 1.54) is 25.7 Å². The molecule has 0 saturated heterocycles. The van der Waals surface area contributed by atoms with Crippen LogP contribution in [0.1, 0.15) is 88.7 Å². The third kappa shape index (κ3) is 6.15. The minimum absolute atomic E-state index is 0.468. The average Bonchev–Trinajstić information content (AvgIpc) is 2.79. The highest BCUT2D eigenvalue weighted by Gasteiger charge is 2.21. The Morgan fingerprint density at radius 3 is 2.30 bits per heavy atom. The summed E-state index contributed by atoms with van der Waals surface area (Å²) in [5.41, 5.74) is 1.96. The Balaban J connectivity index is 1.55. The predicted molar refractivity (Wildman–Crippen MR) is 124 cm³/mol. The summed E-state index contributed by atoms with van der Waals surface area (Å²) < 4.78 is 29.3. The lowest BCUT2D eigenvalue weighted by molar-refractivity contribution is 0.355. The maximum Gasteiger partial charge on any atom is 0.166 e. The van der Waals surface area contributed by atoms with Gasteiger partial charge in [-0.05, 0) is 86.7 Å². The molecule has 30 heavy (non-hydrogen) atoms. The van der Waals surface area contributed by atoms with Gasteiger partial charge in [-0.2, -0.15) is 0 Å². The van der Waals surface area contributed by atoms with Gasteiger partial charge < -0.3 is 0 Å². The number of hydrogen-bond acceptors (Lipinski definition) is 0. The maximum absolute atomic E-state index is 14.7. The van der Waals surface area contributed by atoms with Crippen molar-refractivity contribution in [3.05, 3.63) is 65.8 Å². The quantitative estimate of drug-likeness (QED) is 0.281. The van der Waals surface area contributed by atoms with Gasteiger partial charge in [0, 0.05) is 5.56 Å². The van der Waals surface area contributed by atoms with Gasteiger partial charge in [0.05, 0.1) is 0 Å². The molecule has 0 bridgehead atoms. The van der Waals surface area contributed by atoms with Crippen LogP contribution < -0.4 is 0 Å². The molecule has 164 valence electrons. The van der Waals surface area contributed by atoms with E-state index in [0.29, 0.717) is 35.3 Å². The van der Waals surface area contributed by atoms with Crippen LogP contribution in [0.4, 0.5) is 8.78 Å². The van der Waals surface area contributed by atoms with Crippen molar-refractivity contribution in [3.8, 4) is 0 Å². The number of rotatable bonds is 9. The molecule has 0 N–H and O–H groups in total. The van der Waals surface area contributed by atoms with Crippen molar-refractivity contribution < 1.29 is 8.78 Å². The van der Waals surface area contributed by atoms with Crippen LogP contribution in [-0.4, -0.2) is 0 Å². The molecular formula is C28H38F2. The van der Waals surface area contributed by atoms with Crippen LogP contribution in [0.15, 0.2) is 43.0 Å². The van der Waals surface area contributed by atoms with Gasteiger partial charge in [0.15, 0.2) is 11.6 Å². The first-order chi connectivity index (χ1) is 14.6. The molecular weight excluding hydrogens is 374 g/mol. The van der Waals surface area contributed by atoms with E-state index in [-0.39, 0.29) is 0 Å². The molecule has 0 spiro atoms. The minimum Gasteiger partial charge on any atom is -0.203 e. The van der Waals surface area contributed by atoms with Crippen molar-refractivity contribution in [1.82, 2.24) is 0 Å². The van der Waals surface area contributed by atoms with Gasteiger partial charge >= 0.3 is 0 Å². The Bertz CT molecular complexity index is 750. The van der Waals surface area contributed by atoms with Crippen molar-refractivity contribution in [1.29, 1.82) is 0 Å². The fraction of sp³-hybridized carbons (Fsp3) is 0.571. The molecule has 1 aromatic rings. The molecule has 1 fully saturated rings. The monoisotopic (exact) mass is 412 g/mol. The Morgan fingerprint density at radius 1 is 0.900 bits per heavy atom. The second-order valence-electron chi connectivity index (χ2n) is 9.27. The molecule has 1 atom stereocenters. The third-order valence-corrected chi connectivity index (χ3v) is 7.06. The van der Waals surface area contributed by atoms with E-state index in [2.05, 4.69) is 37.8 Å². The van der Waals surface area contributed by atoms with Crippen LogP contribution >= 0.6 is 0 Å². The Morgan fingerprint density at radius 2 is 1.63 bits per heavy atom. The number of allylic oxidation sites excluding steroid dienone is 5. The van der Waals surface area contributed by atoms with Gasteiger partial charge in [-0.1, -0.05) is 62.6 Å². The van der Waals surface area contributed by atoms with Crippen molar-refractivity contribution in [2.24, 2.45) is 17.8 Å². The second kappa shape index (κ2) is 11.6. The van der Waals surface area contributed by atoms with Crippen LogP contribution in [0.2, 0.25) is 0 Å². The zero-order chi connectivity index (χ0) is 21.3. The summed E-state index contributed by atoms with van der Waals surface area (Å²) in [7, 11) is 0. The van der Waals surface area contributed by atoms with Gasteiger partial charge in [0.2, 0.25) is 0 Å². The second-order valence-corrected chi connectivity index (χ2v) is 9.27. The molecule has 0 amide bonds.